The average Bonchev–Trinajstić information content (AvgIpc) is 2.49. The van der Waals surface area contributed by atoms with E-state index in [0.29, 0.717) is 11.6 Å². The third kappa shape index (κ3) is 3.61. The highest BCUT2D eigenvalue weighted by molar-refractivity contribution is 9.10. The molecule has 2 nitrogen and oxygen atoms in total. The van der Waals surface area contributed by atoms with Gasteiger partial charge in [-0.05, 0) is 46.1 Å². The number of benzene rings is 2. The SMILES string of the molecule is CC(CO)(NCc1ccc(Br)c(Cl)c1)c1ccccc1. The number of aliphatic hydroxyl groups excluding tert-OH is 1. The normalized spacial score (nSPS) is 14.0. The Hall–Kier alpha value is -0.870. The summed E-state index contributed by atoms with van der Waals surface area (Å²) in [6, 6.07) is 15.8. The summed E-state index contributed by atoms with van der Waals surface area (Å²) in [5.41, 5.74) is 1.67. The van der Waals surface area contributed by atoms with E-state index in [1.165, 1.54) is 0 Å². The summed E-state index contributed by atoms with van der Waals surface area (Å²) in [5.74, 6) is 0. The zero-order valence-corrected chi connectivity index (χ0v) is 13.6. The van der Waals surface area contributed by atoms with E-state index in [0.717, 1.165) is 15.6 Å². The second kappa shape index (κ2) is 6.72. The first-order chi connectivity index (χ1) is 9.55. The van der Waals surface area contributed by atoms with Gasteiger partial charge in [0.15, 0.2) is 0 Å². The molecule has 2 aromatic rings. The molecule has 1 atom stereocenters. The fraction of sp³-hybridized carbons (Fsp3) is 0.250. The van der Waals surface area contributed by atoms with Gasteiger partial charge in [-0.2, -0.15) is 0 Å². The van der Waals surface area contributed by atoms with Crippen molar-refractivity contribution in [2.24, 2.45) is 0 Å². The number of nitrogens with one attached hydrogen (secondary N) is 1. The van der Waals surface area contributed by atoms with Gasteiger partial charge in [-0.1, -0.05) is 48.0 Å². The Labute approximate surface area is 132 Å². The first-order valence-electron chi connectivity index (χ1n) is 6.40. The lowest BCUT2D eigenvalue weighted by atomic mass is 9.92. The van der Waals surface area contributed by atoms with Gasteiger partial charge in [-0.3, -0.25) is 0 Å². The van der Waals surface area contributed by atoms with Crippen LogP contribution in [0.15, 0.2) is 53.0 Å². The van der Waals surface area contributed by atoms with E-state index >= 15 is 0 Å². The maximum atomic E-state index is 9.72. The van der Waals surface area contributed by atoms with Crippen molar-refractivity contribution in [1.29, 1.82) is 0 Å². The van der Waals surface area contributed by atoms with Gasteiger partial charge < -0.3 is 10.4 Å². The van der Waals surface area contributed by atoms with Crippen molar-refractivity contribution in [2.75, 3.05) is 6.61 Å². The third-order valence-electron chi connectivity index (χ3n) is 3.39. The third-order valence-corrected chi connectivity index (χ3v) is 4.63. The standard InChI is InChI=1S/C16H17BrClNO/c1-16(11-20,13-5-3-2-4-6-13)19-10-12-7-8-14(17)15(18)9-12/h2-9,19-20H,10-11H2,1H3. The van der Waals surface area contributed by atoms with Crippen LogP contribution in [0.1, 0.15) is 18.1 Å². The number of aliphatic hydroxyl groups is 1. The summed E-state index contributed by atoms with van der Waals surface area (Å²) in [5, 5.41) is 13.8. The van der Waals surface area contributed by atoms with Crippen LogP contribution in [0.3, 0.4) is 0 Å². The van der Waals surface area contributed by atoms with Crippen molar-refractivity contribution < 1.29 is 5.11 Å². The second-order valence-corrected chi connectivity index (χ2v) is 6.22. The Morgan fingerprint density at radius 3 is 2.50 bits per heavy atom. The Kier molecular flexibility index (Phi) is 5.22. The molecular weight excluding hydrogens is 338 g/mol. The number of hydrogen-bond acceptors (Lipinski definition) is 2. The van der Waals surface area contributed by atoms with Gasteiger partial charge in [0.25, 0.3) is 0 Å². The van der Waals surface area contributed by atoms with Crippen molar-refractivity contribution in [1.82, 2.24) is 5.32 Å². The van der Waals surface area contributed by atoms with Crippen molar-refractivity contribution in [2.45, 2.75) is 19.0 Å². The van der Waals surface area contributed by atoms with Crippen LogP contribution in [0.25, 0.3) is 0 Å². The molecule has 0 heterocycles. The molecule has 0 bridgehead atoms. The zero-order valence-electron chi connectivity index (χ0n) is 11.2. The van der Waals surface area contributed by atoms with Crippen molar-refractivity contribution >= 4 is 27.5 Å². The van der Waals surface area contributed by atoms with Gasteiger partial charge in [0.1, 0.15) is 0 Å². The van der Waals surface area contributed by atoms with E-state index in [2.05, 4.69) is 21.2 Å². The summed E-state index contributed by atoms with van der Waals surface area (Å²) in [4.78, 5) is 0. The molecule has 2 N–H and O–H groups in total. The highest BCUT2D eigenvalue weighted by Crippen LogP contribution is 2.24. The van der Waals surface area contributed by atoms with Gasteiger partial charge in [0.2, 0.25) is 0 Å². The molecule has 0 saturated carbocycles. The fourth-order valence-electron chi connectivity index (χ4n) is 2.00. The Bertz CT molecular complexity index is 576. The largest absolute Gasteiger partial charge is 0.394 e. The molecule has 1 unspecified atom stereocenters. The molecule has 0 spiro atoms. The fourth-order valence-corrected chi connectivity index (χ4v) is 2.45. The van der Waals surface area contributed by atoms with Crippen LogP contribution in [0, 0.1) is 0 Å². The summed E-state index contributed by atoms with van der Waals surface area (Å²) in [7, 11) is 0. The molecule has 0 amide bonds. The van der Waals surface area contributed by atoms with Crippen LogP contribution < -0.4 is 5.32 Å². The van der Waals surface area contributed by atoms with Crippen molar-refractivity contribution in [3.63, 3.8) is 0 Å². The van der Waals surface area contributed by atoms with E-state index < -0.39 is 5.54 Å². The first kappa shape index (κ1) is 15.5. The van der Waals surface area contributed by atoms with E-state index in [-0.39, 0.29) is 6.61 Å². The van der Waals surface area contributed by atoms with E-state index in [1.807, 2.05) is 55.5 Å². The smallest absolute Gasteiger partial charge is 0.0652 e. The van der Waals surface area contributed by atoms with Crippen LogP contribution in [0.2, 0.25) is 5.02 Å². The molecular formula is C16H17BrClNO. The van der Waals surface area contributed by atoms with Crippen LogP contribution in [0.4, 0.5) is 0 Å². The average molecular weight is 355 g/mol. The summed E-state index contributed by atoms with van der Waals surface area (Å²) in [6.45, 7) is 2.66. The molecule has 0 aliphatic carbocycles. The monoisotopic (exact) mass is 353 g/mol. The minimum atomic E-state index is -0.471. The Balaban J connectivity index is 2.13. The van der Waals surface area contributed by atoms with Gasteiger partial charge >= 0.3 is 0 Å². The Morgan fingerprint density at radius 1 is 1.20 bits per heavy atom. The van der Waals surface area contributed by atoms with Gasteiger partial charge in [0, 0.05) is 11.0 Å². The van der Waals surface area contributed by atoms with Crippen LogP contribution >= 0.6 is 27.5 Å². The lowest BCUT2D eigenvalue weighted by molar-refractivity contribution is 0.173. The first-order valence-corrected chi connectivity index (χ1v) is 7.57. The topological polar surface area (TPSA) is 32.3 Å². The molecule has 0 aliphatic heterocycles. The zero-order chi connectivity index (χ0) is 14.6. The lowest BCUT2D eigenvalue weighted by Crippen LogP contribution is -2.42. The lowest BCUT2D eigenvalue weighted by Gasteiger charge is -2.29. The highest BCUT2D eigenvalue weighted by Gasteiger charge is 2.24. The molecule has 4 heteroatoms. The predicted molar refractivity (Wildman–Crippen MR) is 86.9 cm³/mol. The summed E-state index contributed by atoms with van der Waals surface area (Å²) >= 11 is 9.47. The maximum Gasteiger partial charge on any atom is 0.0652 e. The molecule has 0 saturated heterocycles. The molecule has 2 aromatic carbocycles. The Morgan fingerprint density at radius 2 is 1.90 bits per heavy atom. The van der Waals surface area contributed by atoms with Crippen molar-refractivity contribution in [3.8, 4) is 0 Å². The molecule has 2 rings (SSSR count). The number of halogens is 2. The molecule has 106 valence electrons. The minimum absolute atomic E-state index is 0.0290. The molecule has 0 radical (unpaired) electrons. The molecule has 0 fully saturated rings. The van der Waals surface area contributed by atoms with Gasteiger partial charge in [-0.25, -0.2) is 0 Å². The summed E-state index contributed by atoms with van der Waals surface area (Å²) in [6.07, 6.45) is 0. The van der Waals surface area contributed by atoms with Crippen LogP contribution in [0.5, 0.6) is 0 Å². The summed E-state index contributed by atoms with van der Waals surface area (Å²) < 4.78 is 0.885. The minimum Gasteiger partial charge on any atom is -0.394 e. The second-order valence-electron chi connectivity index (χ2n) is 4.96. The quantitative estimate of drug-likeness (QED) is 0.847. The highest BCUT2D eigenvalue weighted by atomic mass is 79.9. The molecule has 0 aromatic heterocycles. The van der Waals surface area contributed by atoms with Gasteiger partial charge in [-0.15, -0.1) is 0 Å². The van der Waals surface area contributed by atoms with Crippen LogP contribution in [-0.2, 0) is 12.1 Å². The number of rotatable bonds is 5. The van der Waals surface area contributed by atoms with E-state index in [4.69, 9.17) is 11.6 Å². The van der Waals surface area contributed by atoms with Crippen molar-refractivity contribution in [3.05, 3.63) is 69.2 Å². The van der Waals surface area contributed by atoms with Gasteiger partial charge in [0.05, 0.1) is 17.2 Å². The molecule has 20 heavy (non-hydrogen) atoms. The van der Waals surface area contributed by atoms with E-state index in [9.17, 15) is 5.11 Å². The van der Waals surface area contributed by atoms with E-state index in [1.54, 1.807) is 0 Å². The van der Waals surface area contributed by atoms with Crippen LogP contribution in [-0.4, -0.2) is 11.7 Å². The predicted octanol–water partition coefficient (Wildman–Crippen LogP) is 4.10. The number of hydrogen-bond donors (Lipinski definition) is 2. The molecule has 0 aliphatic rings. The maximum absolute atomic E-state index is 9.72.